The number of aliphatic hydroxyl groups is 1. The van der Waals surface area contributed by atoms with Crippen LogP contribution in [0.15, 0.2) is 33.6 Å². The molecular weight excluding hydrogens is 306 g/mol. The third-order valence-corrected chi connectivity index (χ3v) is 4.94. The molecule has 0 aromatic heterocycles. The zero-order valence-corrected chi connectivity index (χ0v) is 12.2. The molecule has 1 atom stereocenters. The zero-order chi connectivity index (χ0) is 13.1. The minimum Gasteiger partial charge on any atom is -0.389 e. The van der Waals surface area contributed by atoms with Gasteiger partial charge in [-0.25, -0.2) is 13.1 Å². The maximum Gasteiger partial charge on any atom is 0.241 e. The van der Waals surface area contributed by atoms with Gasteiger partial charge in [-0.05, 0) is 41.4 Å². The number of benzene rings is 1. The second-order valence-electron chi connectivity index (χ2n) is 4.11. The van der Waals surface area contributed by atoms with Gasteiger partial charge >= 0.3 is 0 Å². The molecule has 17 heavy (non-hydrogen) atoms. The number of halogens is 1. The van der Waals surface area contributed by atoms with Crippen LogP contribution in [0, 0.1) is 0 Å². The fourth-order valence-electron chi connectivity index (χ4n) is 1.12. The lowest BCUT2D eigenvalue weighted by atomic mass is 10.1. The molecule has 0 amide bonds. The first kappa shape index (κ1) is 14.6. The van der Waals surface area contributed by atoms with Crippen LogP contribution in [0.2, 0.25) is 0 Å². The molecule has 0 fully saturated rings. The molecule has 1 aromatic rings. The Hall–Kier alpha value is -0.430. The van der Waals surface area contributed by atoms with E-state index in [1.807, 2.05) is 0 Å². The highest BCUT2D eigenvalue weighted by Gasteiger charge is 2.23. The Labute approximate surface area is 110 Å². The molecule has 0 heterocycles. The second kappa shape index (κ2) is 5.48. The molecule has 0 aliphatic carbocycles. The molecule has 1 aromatic carbocycles. The largest absolute Gasteiger partial charge is 0.389 e. The topological polar surface area (TPSA) is 66.4 Å². The fraction of sp³-hybridized carbons (Fsp3) is 0.455. The number of hydrogen-bond donors (Lipinski definition) is 2. The van der Waals surface area contributed by atoms with Crippen LogP contribution in [-0.2, 0) is 10.0 Å². The normalized spacial score (nSPS) is 15.5. The Balaban J connectivity index is 2.88. The van der Waals surface area contributed by atoms with Gasteiger partial charge in [0.05, 0.1) is 10.5 Å². The summed E-state index contributed by atoms with van der Waals surface area (Å²) in [5.41, 5.74) is -1.03. The van der Waals surface area contributed by atoms with Crippen molar-refractivity contribution in [1.82, 2.24) is 4.72 Å². The van der Waals surface area contributed by atoms with E-state index in [1.165, 1.54) is 6.07 Å². The van der Waals surface area contributed by atoms with Crippen LogP contribution in [0.4, 0.5) is 0 Å². The van der Waals surface area contributed by atoms with Gasteiger partial charge in [0.1, 0.15) is 0 Å². The third-order valence-electron chi connectivity index (χ3n) is 2.53. The Morgan fingerprint density at radius 3 is 2.53 bits per heavy atom. The molecular formula is C11H16BrNO3S. The molecule has 1 rings (SSSR count). The van der Waals surface area contributed by atoms with E-state index in [-0.39, 0.29) is 11.4 Å². The predicted octanol–water partition coefficient (Wildman–Crippen LogP) is 1.89. The summed E-state index contributed by atoms with van der Waals surface area (Å²) in [6, 6.07) is 6.56. The van der Waals surface area contributed by atoms with Gasteiger partial charge in [-0.15, -0.1) is 0 Å². The van der Waals surface area contributed by atoms with E-state index in [0.717, 1.165) is 0 Å². The van der Waals surface area contributed by atoms with Crippen molar-refractivity contribution in [3.05, 3.63) is 28.7 Å². The van der Waals surface area contributed by atoms with Gasteiger partial charge in [0.2, 0.25) is 10.0 Å². The first-order valence-corrected chi connectivity index (χ1v) is 7.53. The Morgan fingerprint density at radius 2 is 2.00 bits per heavy atom. The lowest BCUT2D eigenvalue weighted by Gasteiger charge is -2.21. The fourth-order valence-corrected chi connectivity index (χ4v) is 3.28. The van der Waals surface area contributed by atoms with E-state index in [4.69, 9.17) is 0 Å². The van der Waals surface area contributed by atoms with Crippen molar-refractivity contribution in [3.8, 4) is 0 Å². The molecule has 0 bridgehead atoms. The van der Waals surface area contributed by atoms with Crippen molar-refractivity contribution in [2.24, 2.45) is 0 Å². The van der Waals surface area contributed by atoms with Crippen LogP contribution in [-0.4, -0.2) is 25.7 Å². The lowest BCUT2D eigenvalue weighted by molar-refractivity contribution is 0.0613. The SMILES string of the molecule is CCC(C)(O)CNS(=O)(=O)c1ccccc1Br. The predicted molar refractivity (Wildman–Crippen MR) is 70.2 cm³/mol. The molecule has 0 radical (unpaired) electrons. The van der Waals surface area contributed by atoms with Crippen LogP contribution in [0.3, 0.4) is 0 Å². The van der Waals surface area contributed by atoms with Gasteiger partial charge in [0.15, 0.2) is 0 Å². The van der Waals surface area contributed by atoms with Crippen molar-refractivity contribution in [2.45, 2.75) is 30.8 Å². The van der Waals surface area contributed by atoms with E-state index in [1.54, 1.807) is 32.0 Å². The average Bonchev–Trinajstić information content (AvgIpc) is 2.27. The van der Waals surface area contributed by atoms with Gasteiger partial charge < -0.3 is 5.11 Å². The van der Waals surface area contributed by atoms with Crippen LogP contribution < -0.4 is 4.72 Å². The summed E-state index contributed by atoms with van der Waals surface area (Å²) in [6.45, 7) is 3.38. The highest BCUT2D eigenvalue weighted by Crippen LogP contribution is 2.21. The molecule has 1 unspecified atom stereocenters. The summed E-state index contributed by atoms with van der Waals surface area (Å²) in [4.78, 5) is 0.173. The number of sulfonamides is 1. The molecule has 6 heteroatoms. The van der Waals surface area contributed by atoms with Gasteiger partial charge in [-0.2, -0.15) is 0 Å². The van der Waals surface area contributed by atoms with E-state index in [0.29, 0.717) is 10.9 Å². The summed E-state index contributed by atoms with van der Waals surface area (Å²) >= 11 is 3.19. The molecule has 2 N–H and O–H groups in total. The van der Waals surface area contributed by atoms with Crippen molar-refractivity contribution in [3.63, 3.8) is 0 Å². The van der Waals surface area contributed by atoms with Crippen LogP contribution in [0.5, 0.6) is 0 Å². The van der Waals surface area contributed by atoms with Crippen LogP contribution in [0.25, 0.3) is 0 Å². The van der Waals surface area contributed by atoms with Crippen molar-refractivity contribution >= 4 is 26.0 Å². The van der Waals surface area contributed by atoms with Gasteiger partial charge in [0.25, 0.3) is 0 Å². The van der Waals surface area contributed by atoms with Gasteiger partial charge in [-0.1, -0.05) is 19.1 Å². The van der Waals surface area contributed by atoms with Crippen molar-refractivity contribution < 1.29 is 13.5 Å². The van der Waals surface area contributed by atoms with Crippen LogP contribution in [0.1, 0.15) is 20.3 Å². The maximum atomic E-state index is 12.0. The van der Waals surface area contributed by atoms with E-state index < -0.39 is 15.6 Å². The first-order chi connectivity index (χ1) is 7.78. The number of hydrogen-bond acceptors (Lipinski definition) is 3. The maximum absolute atomic E-state index is 12.0. The van der Waals surface area contributed by atoms with E-state index in [9.17, 15) is 13.5 Å². The summed E-state index contributed by atoms with van der Waals surface area (Å²) < 4.78 is 26.8. The summed E-state index contributed by atoms with van der Waals surface area (Å²) in [7, 11) is -3.59. The van der Waals surface area contributed by atoms with Gasteiger partial charge in [0, 0.05) is 11.0 Å². The Bertz CT molecular complexity index is 485. The van der Waals surface area contributed by atoms with Crippen LogP contribution >= 0.6 is 15.9 Å². The van der Waals surface area contributed by atoms with Crippen molar-refractivity contribution in [2.75, 3.05) is 6.54 Å². The quantitative estimate of drug-likeness (QED) is 0.870. The highest BCUT2D eigenvalue weighted by atomic mass is 79.9. The standard InChI is InChI=1S/C11H16BrNO3S/c1-3-11(2,14)8-13-17(15,16)10-7-5-4-6-9(10)12/h4-7,13-14H,3,8H2,1-2H3. The molecule has 0 spiro atoms. The second-order valence-corrected chi connectivity index (χ2v) is 6.70. The summed E-state index contributed by atoms with van der Waals surface area (Å²) in [5, 5.41) is 9.76. The van der Waals surface area contributed by atoms with Crippen molar-refractivity contribution in [1.29, 1.82) is 0 Å². The first-order valence-electron chi connectivity index (χ1n) is 5.25. The Morgan fingerprint density at radius 1 is 1.41 bits per heavy atom. The summed E-state index contributed by atoms with van der Waals surface area (Å²) in [5.74, 6) is 0. The minimum absolute atomic E-state index is 0.00678. The molecule has 0 saturated heterocycles. The number of rotatable bonds is 5. The monoisotopic (exact) mass is 321 g/mol. The van der Waals surface area contributed by atoms with E-state index in [2.05, 4.69) is 20.7 Å². The highest BCUT2D eigenvalue weighted by molar-refractivity contribution is 9.10. The van der Waals surface area contributed by atoms with E-state index >= 15 is 0 Å². The number of nitrogens with one attached hydrogen (secondary N) is 1. The third kappa shape index (κ3) is 4.06. The molecule has 96 valence electrons. The lowest BCUT2D eigenvalue weighted by Crippen LogP contribution is -2.40. The molecule has 0 aliphatic rings. The average molecular weight is 322 g/mol. The molecule has 4 nitrogen and oxygen atoms in total. The summed E-state index contributed by atoms with van der Waals surface area (Å²) in [6.07, 6.45) is 0.478. The minimum atomic E-state index is -3.59. The Kier molecular flexibility index (Phi) is 4.71. The molecule has 0 saturated carbocycles. The van der Waals surface area contributed by atoms with Gasteiger partial charge in [-0.3, -0.25) is 0 Å². The smallest absolute Gasteiger partial charge is 0.241 e. The zero-order valence-electron chi connectivity index (χ0n) is 9.77. The molecule has 0 aliphatic heterocycles.